The Morgan fingerprint density at radius 3 is 0.671 bits per heavy atom. The molecule has 0 aliphatic carbocycles. The molecule has 416 valence electrons. The summed E-state index contributed by atoms with van der Waals surface area (Å²) in [5.74, 6) is -6.69. The summed E-state index contributed by atoms with van der Waals surface area (Å²) in [4.78, 5) is 106. The molecular weight excluding hydrogens is 1000 g/mol. The highest BCUT2D eigenvalue weighted by atomic mass is 16.6. The van der Waals surface area contributed by atoms with Crippen LogP contribution in [0.4, 0.5) is 0 Å². The van der Waals surface area contributed by atoms with Crippen LogP contribution in [0.25, 0.3) is 0 Å². The summed E-state index contributed by atoms with van der Waals surface area (Å²) in [7, 11) is 0. The molecule has 22 nitrogen and oxygen atoms in total. The Morgan fingerprint density at radius 2 is 0.513 bits per heavy atom. The van der Waals surface area contributed by atoms with E-state index in [1.165, 1.54) is 69.2 Å². The van der Waals surface area contributed by atoms with Gasteiger partial charge < -0.3 is 58.3 Å². The molecule has 4 aromatic rings. The van der Waals surface area contributed by atoms with E-state index in [0.717, 1.165) is 22.3 Å². The van der Waals surface area contributed by atoms with Crippen molar-refractivity contribution >= 4 is 59.7 Å². The van der Waals surface area contributed by atoms with Crippen LogP contribution in [0.5, 0.6) is 0 Å². The molecule has 0 fully saturated rings. The van der Waals surface area contributed by atoms with E-state index in [0.29, 0.717) is 0 Å². The van der Waals surface area contributed by atoms with Gasteiger partial charge in [0.15, 0.2) is 24.4 Å². The number of hydrogen-bond donors (Lipinski definition) is 4. The van der Waals surface area contributed by atoms with Crippen LogP contribution in [0, 0.1) is 0 Å². The lowest BCUT2D eigenvalue weighted by Gasteiger charge is -2.11. The first-order valence-electron chi connectivity index (χ1n) is 23.0. The SMILES string of the molecule is CC(=O)O[C@@H](C)C(=O)O.CC(=O)O[C@@H](C)C(=O)O.CC(=O)O[C@@H](C)C(=O)OCc1ccccc1.CC(=O)O[C@@H](C)C(=O)OCc1ccccc1.C[C@H](O)C(=O)OCc1ccccc1.C[C@H](O)C(=O)OCc1ccccc1. The number of aliphatic hydroxyl groups excluding tert-OH is 2. The van der Waals surface area contributed by atoms with Crippen molar-refractivity contribution < 1.29 is 106 Å². The maximum Gasteiger partial charge on any atom is 0.347 e. The highest BCUT2D eigenvalue weighted by Crippen LogP contribution is 2.06. The summed E-state index contributed by atoms with van der Waals surface area (Å²) in [5, 5.41) is 34.0. The van der Waals surface area contributed by atoms with Crippen molar-refractivity contribution in [3.63, 3.8) is 0 Å². The van der Waals surface area contributed by atoms with E-state index < -0.39 is 96.3 Å². The summed E-state index contributed by atoms with van der Waals surface area (Å²) < 4.78 is 37.5. The van der Waals surface area contributed by atoms with Gasteiger partial charge in [0.25, 0.3) is 0 Å². The van der Waals surface area contributed by atoms with Crippen molar-refractivity contribution in [2.75, 3.05) is 0 Å². The van der Waals surface area contributed by atoms with E-state index in [2.05, 4.69) is 18.9 Å². The smallest absolute Gasteiger partial charge is 0.347 e. The fourth-order valence-corrected chi connectivity index (χ4v) is 4.58. The molecule has 0 aromatic heterocycles. The van der Waals surface area contributed by atoms with Gasteiger partial charge in [0, 0.05) is 27.7 Å². The predicted octanol–water partition coefficient (Wildman–Crippen LogP) is 5.63. The number of benzene rings is 4. The third-order valence-corrected chi connectivity index (χ3v) is 8.31. The fraction of sp³-hybridized carbons (Fsp3) is 0.370. The van der Waals surface area contributed by atoms with E-state index >= 15 is 0 Å². The maximum atomic E-state index is 11.4. The van der Waals surface area contributed by atoms with Gasteiger partial charge in [-0.1, -0.05) is 121 Å². The summed E-state index contributed by atoms with van der Waals surface area (Å²) in [6.07, 6.45) is -5.90. The van der Waals surface area contributed by atoms with Gasteiger partial charge in [0.1, 0.15) is 38.6 Å². The van der Waals surface area contributed by atoms with Gasteiger partial charge in [-0.05, 0) is 63.8 Å². The lowest BCUT2D eigenvalue weighted by Crippen LogP contribution is -2.25. The van der Waals surface area contributed by atoms with Crippen molar-refractivity contribution in [1.82, 2.24) is 0 Å². The summed E-state index contributed by atoms with van der Waals surface area (Å²) in [6.45, 7) is 13.9. The van der Waals surface area contributed by atoms with Crippen LogP contribution in [0.1, 0.15) is 91.5 Å². The van der Waals surface area contributed by atoms with Crippen LogP contribution < -0.4 is 0 Å². The molecular formula is C54H68O22. The van der Waals surface area contributed by atoms with Crippen molar-refractivity contribution in [2.24, 2.45) is 0 Å². The minimum Gasteiger partial charge on any atom is -0.479 e. The van der Waals surface area contributed by atoms with E-state index in [-0.39, 0.29) is 26.4 Å². The Morgan fingerprint density at radius 1 is 0.329 bits per heavy atom. The molecule has 4 N–H and O–H groups in total. The summed E-state index contributed by atoms with van der Waals surface area (Å²) in [5.41, 5.74) is 3.62. The number of carboxylic acid groups (broad SMARTS) is 2. The van der Waals surface area contributed by atoms with Gasteiger partial charge in [0.05, 0.1) is 0 Å². The van der Waals surface area contributed by atoms with Crippen LogP contribution in [0.3, 0.4) is 0 Å². The van der Waals surface area contributed by atoms with Crippen LogP contribution in [-0.4, -0.2) is 117 Å². The zero-order valence-corrected chi connectivity index (χ0v) is 44.0. The lowest BCUT2D eigenvalue weighted by atomic mass is 10.2. The first-order chi connectivity index (χ1) is 35.7. The molecule has 0 bridgehead atoms. The van der Waals surface area contributed by atoms with Crippen LogP contribution in [0.15, 0.2) is 121 Å². The molecule has 6 atom stereocenters. The number of rotatable bonds is 18. The van der Waals surface area contributed by atoms with Crippen LogP contribution in [-0.2, 0) is 112 Å². The van der Waals surface area contributed by atoms with E-state index in [4.69, 9.17) is 39.4 Å². The monoisotopic (exact) mass is 1070 g/mol. The Balaban J connectivity index is 0. The number of esters is 8. The second-order valence-electron chi connectivity index (χ2n) is 15.4. The molecule has 0 heterocycles. The molecule has 0 amide bonds. The van der Waals surface area contributed by atoms with Crippen molar-refractivity contribution in [2.45, 2.75) is 132 Å². The van der Waals surface area contributed by atoms with E-state index in [1.807, 2.05) is 121 Å². The van der Waals surface area contributed by atoms with Gasteiger partial charge in [-0.2, -0.15) is 0 Å². The fourth-order valence-electron chi connectivity index (χ4n) is 4.58. The van der Waals surface area contributed by atoms with Gasteiger partial charge in [-0.15, -0.1) is 0 Å². The van der Waals surface area contributed by atoms with Gasteiger partial charge >= 0.3 is 59.7 Å². The summed E-state index contributed by atoms with van der Waals surface area (Å²) >= 11 is 0. The largest absolute Gasteiger partial charge is 0.479 e. The third-order valence-electron chi connectivity index (χ3n) is 8.31. The van der Waals surface area contributed by atoms with Gasteiger partial charge in [-0.3, -0.25) is 19.2 Å². The molecule has 0 saturated carbocycles. The van der Waals surface area contributed by atoms with Crippen molar-refractivity contribution in [1.29, 1.82) is 0 Å². The molecule has 0 aliphatic rings. The Kier molecular flexibility index (Phi) is 37.5. The quantitative estimate of drug-likeness (QED) is 0.0693. The van der Waals surface area contributed by atoms with Crippen molar-refractivity contribution in [3.05, 3.63) is 144 Å². The van der Waals surface area contributed by atoms with Gasteiger partial charge in [0.2, 0.25) is 0 Å². The Labute approximate surface area is 440 Å². The minimum atomic E-state index is -1.13. The Hall–Kier alpha value is -8.50. The first kappa shape index (κ1) is 69.6. The third kappa shape index (κ3) is 39.1. The Bertz CT molecular complexity index is 2170. The second kappa shape index (κ2) is 40.9. The second-order valence-corrected chi connectivity index (χ2v) is 15.4. The predicted molar refractivity (Wildman–Crippen MR) is 268 cm³/mol. The molecule has 0 saturated heterocycles. The number of aliphatic carboxylic acids is 2. The molecule has 4 aromatic carbocycles. The lowest BCUT2D eigenvalue weighted by molar-refractivity contribution is -0.166. The topological polar surface area (TPSA) is 325 Å². The molecule has 0 unspecified atom stereocenters. The molecule has 22 heteroatoms. The van der Waals surface area contributed by atoms with Crippen LogP contribution in [0.2, 0.25) is 0 Å². The molecule has 76 heavy (non-hydrogen) atoms. The number of carbonyl (C=O) groups excluding carboxylic acids is 8. The number of aliphatic hydroxyl groups is 2. The standard InChI is InChI=1S/2C12H14O4.2C10H12O3.2C5H8O4/c2*1-9(16-10(2)13)12(14)15-8-11-6-4-3-5-7-11;2*1-8(11)10(12)13-7-9-5-3-2-4-6-9;2*1-3(5(7)8)9-4(2)6/h2*3-7,9H,8H2,1-2H3;2*2-6,8,11H,7H2,1H3;2*3H,1-2H3,(H,7,8)/t2*9-;2*8-;2*3-/m000000/s1. The zero-order chi connectivity index (χ0) is 58.2. The number of carboxylic acids is 2. The number of ether oxygens (including phenoxy) is 8. The maximum absolute atomic E-state index is 11.4. The van der Waals surface area contributed by atoms with Crippen LogP contribution >= 0.6 is 0 Å². The average Bonchev–Trinajstić information content (AvgIpc) is 3.37. The summed E-state index contributed by atoms with van der Waals surface area (Å²) in [6, 6.07) is 37.3. The normalized spacial score (nSPS) is 11.9. The highest BCUT2D eigenvalue weighted by Gasteiger charge is 2.19. The van der Waals surface area contributed by atoms with Crippen molar-refractivity contribution in [3.8, 4) is 0 Å². The minimum absolute atomic E-state index is 0.186. The average molecular weight is 1070 g/mol. The van der Waals surface area contributed by atoms with E-state index in [1.54, 1.807) is 0 Å². The van der Waals surface area contributed by atoms with E-state index in [9.17, 15) is 47.9 Å². The highest BCUT2D eigenvalue weighted by molar-refractivity contribution is 5.79. The van der Waals surface area contributed by atoms with Gasteiger partial charge in [-0.25, -0.2) is 28.8 Å². The zero-order valence-electron chi connectivity index (χ0n) is 44.0. The first-order valence-corrected chi connectivity index (χ1v) is 23.0. The molecule has 4 rings (SSSR count). The number of hydrogen-bond acceptors (Lipinski definition) is 20. The molecule has 0 spiro atoms. The number of carbonyl (C=O) groups is 10. The molecule has 0 aliphatic heterocycles. The molecule has 0 radical (unpaired) electrons.